The maximum atomic E-state index is 15.3. The Morgan fingerprint density at radius 2 is 1.34 bits per heavy atom. The van der Waals surface area contributed by atoms with E-state index in [2.05, 4.69) is 6.92 Å². The molecule has 2 aromatic rings. The minimum absolute atomic E-state index is 0.165. The Kier molecular flexibility index (Phi) is 10.2. The lowest BCUT2D eigenvalue weighted by molar-refractivity contribution is -0.0777. The van der Waals surface area contributed by atoms with Gasteiger partial charge in [-0.1, -0.05) is 69.7 Å². The van der Waals surface area contributed by atoms with Crippen molar-refractivity contribution in [3.05, 3.63) is 53.6 Å². The van der Waals surface area contributed by atoms with Crippen LogP contribution in [0.1, 0.15) is 96.5 Å². The molecule has 2 saturated carbocycles. The van der Waals surface area contributed by atoms with Crippen molar-refractivity contribution in [2.75, 3.05) is 6.61 Å². The molecule has 0 radical (unpaired) electrons. The van der Waals surface area contributed by atoms with E-state index in [1.54, 1.807) is 31.2 Å². The van der Waals surface area contributed by atoms with Gasteiger partial charge in [0.1, 0.15) is 0 Å². The van der Waals surface area contributed by atoms with Crippen LogP contribution in [0.5, 0.6) is 5.75 Å². The molecule has 0 bridgehead atoms. The van der Waals surface area contributed by atoms with Crippen molar-refractivity contribution < 1.29 is 22.3 Å². The van der Waals surface area contributed by atoms with Gasteiger partial charge in [-0.25, -0.2) is 17.6 Å². The van der Waals surface area contributed by atoms with E-state index in [0.29, 0.717) is 35.4 Å². The Bertz CT molecular complexity index is 979. The van der Waals surface area contributed by atoms with Gasteiger partial charge in [0, 0.05) is 12.3 Å². The molecule has 0 N–H and O–H groups in total. The van der Waals surface area contributed by atoms with Crippen LogP contribution in [-0.2, 0) is 6.42 Å². The molecule has 1 nitrogen and oxygen atoms in total. The van der Waals surface area contributed by atoms with E-state index >= 15 is 8.78 Å². The number of ether oxygens (including phenoxy) is 1. The molecule has 0 heterocycles. The molecule has 210 valence electrons. The zero-order valence-electron chi connectivity index (χ0n) is 23.1. The summed E-state index contributed by atoms with van der Waals surface area (Å²) in [7, 11) is 0. The van der Waals surface area contributed by atoms with Crippen LogP contribution < -0.4 is 4.74 Å². The molecule has 0 unspecified atom stereocenters. The summed E-state index contributed by atoms with van der Waals surface area (Å²) in [5.41, 5.74) is 1.49. The first-order valence-corrected chi connectivity index (χ1v) is 14.9. The highest BCUT2D eigenvalue weighted by Gasteiger charge is 2.42. The zero-order chi connectivity index (χ0) is 27.1. The van der Waals surface area contributed by atoms with Gasteiger partial charge in [0.15, 0.2) is 17.4 Å². The first kappa shape index (κ1) is 29.0. The second-order valence-electron chi connectivity index (χ2n) is 11.7. The molecule has 38 heavy (non-hydrogen) atoms. The second-order valence-corrected chi connectivity index (χ2v) is 11.7. The van der Waals surface area contributed by atoms with Crippen molar-refractivity contribution in [2.45, 2.75) is 103 Å². The average Bonchev–Trinajstić information content (AvgIpc) is 2.91. The predicted octanol–water partition coefficient (Wildman–Crippen LogP) is 10.4. The minimum atomic E-state index is -2.75. The van der Waals surface area contributed by atoms with Crippen LogP contribution in [0.15, 0.2) is 36.4 Å². The van der Waals surface area contributed by atoms with Crippen LogP contribution in [0.2, 0.25) is 0 Å². The zero-order valence-corrected chi connectivity index (χ0v) is 23.1. The van der Waals surface area contributed by atoms with Gasteiger partial charge in [0.05, 0.1) is 6.61 Å². The summed E-state index contributed by atoms with van der Waals surface area (Å²) in [6, 6.07) is 9.06. The standard InChI is InChI=1S/C33H44F4O/c1-3-5-6-7-23-8-12-25(13-9-23)26-16-18-29(19-17-26)33(36,37)22-24-10-14-27(15-11-24)28-20-30(34)32(38-4-2)31(35)21-28/h10-11,14-15,20-21,23,25-26,29H,3-9,12-13,16-19,22H2,1-2H3. The lowest BCUT2D eigenvalue weighted by Crippen LogP contribution is -2.35. The van der Waals surface area contributed by atoms with Crippen molar-refractivity contribution in [1.29, 1.82) is 0 Å². The van der Waals surface area contributed by atoms with Crippen molar-refractivity contribution in [1.82, 2.24) is 0 Å². The summed E-state index contributed by atoms with van der Waals surface area (Å²) in [5, 5.41) is 0. The fraction of sp³-hybridized carbons (Fsp3) is 0.636. The molecule has 0 spiro atoms. The Labute approximate surface area is 226 Å². The van der Waals surface area contributed by atoms with E-state index in [9.17, 15) is 8.78 Å². The maximum Gasteiger partial charge on any atom is 0.254 e. The largest absolute Gasteiger partial charge is 0.488 e. The first-order valence-electron chi connectivity index (χ1n) is 14.9. The highest BCUT2D eigenvalue weighted by Crippen LogP contribution is 2.46. The summed E-state index contributed by atoms with van der Waals surface area (Å²) in [6.07, 6.45) is 13.4. The molecule has 0 aliphatic heterocycles. The fourth-order valence-corrected chi connectivity index (χ4v) is 6.88. The van der Waals surface area contributed by atoms with Gasteiger partial charge in [0.2, 0.25) is 0 Å². The van der Waals surface area contributed by atoms with Crippen molar-refractivity contribution in [3.63, 3.8) is 0 Å². The number of alkyl halides is 2. The van der Waals surface area contributed by atoms with E-state index in [-0.39, 0.29) is 13.0 Å². The maximum absolute atomic E-state index is 15.3. The highest BCUT2D eigenvalue weighted by atomic mass is 19.3. The van der Waals surface area contributed by atoms with Crippen LogP contribution in [-0.4, -0.2) is 12.5 Å². The van der Waals surface area contributed by atoms with Gasteiger partial charge >= 0.3 is 0 Å². The lowest BCUT2D eigenvalue weighted by atomic mass is 9.67. The second kappa shape index (κ2) is 13.3. The predicted molar refractivity (Wildman–Crippen MR) is 147 cm³/mol. The topological polar surface area (TPSA) is 9.23 Å². The van der Waals surface area contributed by atoms with Gasteiger partial charge in [-0.2, -0.15) is 0 Å². The Hall–Kier alpha value is -2.04. The molecule has 4 rings (SSSR count). The molecule has 0 amide bonds. The minimum Gasteiger partial charge on any atom is -0.488 e. The van der Waals surface area contributed by atoms with E-state index in [1.165, 1.54) is 63.5 Å². The van der Waals surface area contributed by atoms with Gasteiger partial charge in [-0.05, 0) is 92.0 Å². The molecule has 2 aliphatic rings. The quantitative estimate of drug-likeness (QED) is 0.207. The summed E-state index contributed by atoms with van der Waals surface area (Å²) >= 11 is 0. The third kappa shape index (κ3) is 7.33. The van der Waals surface area contributed by atoms with Crippen LogP contribution in [0.3, 0.4) is 0 Å². The Balaban J connectivity index is 1.28. The van der Waals surface area contributed by atoms with E-state index < -0.39 is 29.2 Å². The average molecular weight is 533 g/mol. The summed E-state index contributed by atoms with van der Waals surface area (Å²) in [5.74, 6) is -3.01. The van der Waals surface area contributed by atoms with E-state index in [1.807, 2.05) is 0 Å². The molecule has 2 aromatic carbocycles. The SMILES string of the molecule is CCCCCC1CCC(C2CCC(C(F)(F)Cc3ccc(-c4cc(F)c(OCC)c(F)c4)cc3)CC2)CC1. The number of rotatable bonds is 11. The van der Waals surface area contributed by atoms with Crippen LogP contribution in [0, 0.1) is 35.3 Å². The molecule has 2 aliphatic carbocycles. The summed E-state index contributed by atoms with van der Waals surface area (Å²) < 4.78 is 64.1. The highest BCUT2D eigenvalue weighted by molar-refractivity contribution is 5.65. The smallest absolute Gasteiger partial charge is 0.254 e. The number of hydrogen-bond acceptors (Lipinski definition) is 1. The summed E-state index contributed by atoms with van der Waals surface area (Å²) in [4.78, 5) is 0. The van der Waals surface area contributed by atoms with Crippen molar-refractivity contribution in [2.24, 2.45) is 23.7 Å². The molecule has 0 aromatic heterocycles. The van der Waals surface area contributed by atoms with Crippen molar-refractivity contribution >= 4 is 0 Å². The normalized spacial score (nSPS) is 24.4. The monoisotopic (exact) mass is 532 g/mol. The first-order chi connectivity index (χ1) is 18.3. The Morgan fingerprint density at radius 1 is 0.763 bits per heavy atom. The number of hydrogen-bond donors (Lipinski definition) is 0. The van der Waals surface area contributed by atoms with Crippen LogP contribution >= 0.6 is 0 Å². The van der Waals surface area contributed by atoms with Gasteiger partial charge in [-0.3, -0.25) is 0 Å². The lowest BCUT2D eigenvalue weighted by Gasteiger charge is -2.39. The summed E-state index contributed by atoms with van der Waals surface area (Å²) in [6.45, 7) is 4.08. The number of benzene rings is 2. The molecule has 0 saturated heterocycles. The molecule has 5 heteroatoms. The molecular formula is C33H44F4O. The molecule has 2 fully saturated rings. The van der Waals surface area contributed by atoms with Crippen LogP contribution in [0.25, 0.3) is 11.1 Å². The number of halogens is 4. The van der Waals surface area contributed by atoms with Gasteiger partial charge in [0.25, 0.3) is 5.92 Å². The molecule has 0 atom stereocenters. The van der Waals surface area contributed by atoms with Gasteiger partial charge in [-0.15, -0.1) is 0 Å². The third-order valence-electron chi connectivity index (χ3n) is 9.16. The molecular weight excluding hydrogens is 488 g/mol. The third-order valence-corrected chi connectivity index (χ3v) is 9.16. The van der Waals surface area contributed by atoms with E-state index in [4.69, 9.17) is 4.74 Å². The van der Waals surface area contributed by atoms with Crippen LogP contribution in [0.4, 0.5) is 17.6 Å². The Morgan fingerprint density at radius 3 is 1.89 bits per heavy atom. The van der Waals surface area contributed by atoms with Crippen molar-refractivity contribution in [3.8, 4) is 16.9 Å². The number of unbranched alkanes of at least 4 members (excludes halogenated alkanes) is 2. The van der Waals surface area contributed by atoms with E-state index in [0.717, 1.165) is 24.7 Å². The fourth-order valence-electron chi connectivity index (χ4n) is 6.88. The van der Waals surface area contributed by atoms with Gasteiger partial charge < -0.3 is 4.74 Å².